The van der Waals surface area contributed by atoms with Crippen LogP contribution in [-0.2, 0) is 18.2 Å². The van der Waals surface area contributed by atoms with Crippen molar-refractivity contribution < 1.29 is 18.2 Å². The van der Waals surface area contributed by atoms with Crippen LogP contribution < -0.4 is 0 Å². The Kier molecular flexibility index (Phi) is 7.09. The molecule has 0 saturated carbocycles. The Morgan fingerprint density at radius 2 is 1.53 bits per heavy atom. The van der Waals surface area contributed by atoms with Crippen molar-refractivity contribution in [3.63, 3.8) is 0 Å². The van der Waals surface area contributed by atoms with Gasteiger partial charge in [0.15, 0.2) is 7.37 Å². The summed E-state index contributed by atoms with van der Waals surface area (Å²) in [5.41, 5.74) is 0. The van der Waals surface area contributed by atoms with E-state index in [9.17, 15) is 9.13 Å². The largest absolute Gasteiger partial charge is 0.497 e. The van der Waals surface area contributed by atoms with Crippen molar-refractivity contribution in [1.82, 2.24) is 0 Å². The Morgan fingerprint density at radius 1 is 1.12 bits per heavy atom. The Bertz CT molecular complexity index is 273. The summed E-state index contributed by atoms with van der Waals surface area (Å²) in [5.74, 6) is -0.352. The molecule has 0 rings (SSSR count). The first-order chi connectivity index (χ1) is 7.60. The molecule has 17 heavy (non-hydrogen) atoms. The van der Waals surface area contributed by atoms with Crippen LogP contribution in [0.5, 0.6) is 0 Å². The molecule has 0 spiro atoms. The van der Waals surface area contributed by atoms with Gasteiger partial charge < -0.3 is 0 Å². The summed E-state index contributed by atoms with van der Waals surface area (Å²) >= 11 is 0. The fourth-order valence-electron chi connectivity index (χ4n) is 1.98. The van der Waals surface area contributed by atoms with Gasteiger partial charge in [-0.3, -0.25) is 9.09 Å². The first-order valence-electron chi connectivity index (χ1n) is 5.91. The maximum atomic E-state index is 11.9. The summed E-state index contributed by atoms with van der Waals surface area (Å²) in [6, 6.07) is 0. The van der Waals surface area contributed by atoms with Gasteiger partial charge in [-0.05, 0) is 16.4 Å². The van der Waals surface area contributed by atoms with E-state index in [1.54, 1.807) is 13.3 Å². The second-order valence-corrected chi connectivity index (χ2v) is 8.69. The third kappa shape index (κ3) is 8.05. The zero-order valence-electron chi connectivity index (χ0n) is 11.6. The molecule has 0 aliphatic rings. The standard InChI is InChI=1S/C11H25O4P2/c1-9(2)7-11(14-16-12,8-10(3)4)15-17(5,6)13/h9-10,16H,7-8H2,1-6H3/q+1. The lowest BCUT2D eigenvalue weighted by Crippen LogP contribution is -2.35. The summed E-state index contributed by atoms with van der Waals surface area (Å²) in [4.78, 5) is 0. The fraction of sp³-hybridized carbons (Fsp3) is 1.00. The normalized spacial score (nSPS) is 13.9. The van der Waals surface area contributed by atoms with Gasteiger partial charge in [-0.2, -0.15) is 0 Å². The molecule has 102 valence electrons. The predicted octanol–water partition coefficient (Wildman–Crippen LogP) is 4.28. The van der Waals surface area contributed by atoms with Crippen molar-refractivity contribution in [2.24, 2.45) is 11.8 Å². The lowest BCUT2D eigenvalue weighted by molar-refractivity contribution is -0.130. The molecule has 0 fully saturated rings. The molecule has 0 saturated heterocycles. The average molecular weight is 283 g/mol. The Hall–Kier alpha value is 0.250. The van der Waals surface area contributed by atoms with Crippen molar-refractivity contribution in [2.75, 3.05) is 13.3 Å². The zero-order chi connectivity index (χ0) is 13.7. The van der Waals surface area contributed by atoms with Crippen LogP contribution in [0.25, 0.3) is 0 Å². The van der Waals surface area contributed by atoms with Crippen LogP contribution >= 0.6 is 16.1 Å². The summed E-state index contributed by atoms with van der Waals surface area (Å²) < 4.78 is 33.6. The van der Waals surface area contributed by atoms with Crippen molar-refractivity contribution in [2.45, 2.75) is 46.3 Å². The van der Waals surface area contributed by atoms with Crippen LogP contribution in [0.2, 0.25) is 0 Å². The van der Waals surface area contributed by atoms with Crippen LogP contribution in [-0.4, -0.2) is 19.1 Å². The minimum atomic E-state index is -2.69. The van der Waals surface area contributed by atoms with Gasteiger partial charge in [0.2, 0.25) is 5.79 Å². The molecular formula is C11H25O4P2+. The molecule has 0 aromatic rings. The van der Waals surface area contributed by atoms with Gasteiger partial charge in [0, 0.05) is 26.2 Å². The Morgan fingerprint density at radius 3 is 1.76 bits per heavy atom. The molecule has 0 heterocycles. The van der Waals surface area contributed by atoms with E-state index < -0.39 is 21.8 Å². The summed E-state index contributed by atoms with van der Waals surface area (Å²) in [6.45, 7) is 11.2. The molecule has 0 aromatic carbocycles. The maximum Gasteiger partial charge on any atom is 0.497 e. The van der Waals surface area contributed by atoms with E-state index in [1.165, 1.54) is 0 Å². The number of rotatable bonds is 8. The van der Waals surface area contributed by atoms with Gasteiger partial charge >= 0.3 is 8.69 Å². The highest BCUT2D eigenvalue weighted by molar-refractivity contribution is 7.57. The van der Waals surface area contributed by atoms with E-state index >= 15 is 0 Å². The highest BCUT2D eigenvalue weighted by Crippen LogP contribution is 2.48. The third-order valence-electron chi connectivity index (χ3n) is 2.05. The lowest BCUT2D eigenvalue weighted by Gasteiger charge is -2.32. The SMILES string of the molecule is CC(C)CC(CC(C)C)(O[PH+]=O)OP(C)(C)=O. The van der Waals surface area contributed by atoms with Crippen LogP contribution in [0.1, 0.15) is 40.5 Å². The second kappa shape index (κ2) is 6.99. The number of hydrogen-bond donors (Lipinski definition) is 0. The minimum Gasteiger partial charge on any atom is -0.293 e. The fourth-order valence-corrected chi connectivity index (χ4v) is 3.40. The van der Waals surface area contributed by atoms with E-state index in [0.29, 0.717) is 24.7 Å². The van der Waals surface area contributed by atoms with E-state index in [1.807, 2.05) is 27.7 Å². The molecular weight excluding hydrogens is 258 g/mol. The van der Waals surface area contributed by atoms with Crippen LogP contribution in [0.3, 0.4) is 0 Å². The molecule has 0 radical (unpaired) electrons. The maximum absolute atomic E-state index is 11.9. The second-order valence-electron chi connectivity index (χ2n) is 5.64. The molecule has 4 nitrogen and oxygen atoms in total. The van der Waals surface area contributed by atoms with Crippen LogP contribution in [0, 0.1) is 11.8 Å². The molecule has 0 amide bonds. The Balaban J connectivity index is 5.07. The molecule has 0 aliphatic heterocycles. The van der Waals surface area contributed by atoms with Gasteiger partial charge in [-0.15, -0.1) is 4.52 Å². The molecule has 0 N–H and O–H groups in total. The van der Waals surface area contributed by atoms with Crippen molar-refractivity contribution in [3.05, 3.63) is 0 Å². The monoisotopic (exact) mass is 283 g/mol. The van der Waals surface area contributed by atoms with Crippen molar-refractivity contribution in [3.8, 4) is 0 Å². The van der Waals surface area contributed by atoms with Crippen molar-refractivity contribution >= 4 is 16.1 Å². The molecule has 0 aliphatic carbocycles. The van der Waals surface area contributed by atoms with Crippen LogP contribution in [0.15, 0.2) is 0 Å². The third-order valence-corrected chi connectivity index (χ3v) is 3.28. The van der Waals surface area contributed by atoms with E-state index in [4.69, 9.17) is 9.05 Å². The quantitative estimate of drug-likeness (QED) is 0.492. The molecule has 6 heteroatoms. The summed E-state index contributed by atoms with van der Waals surface area (Å²) in [5, 5.41) is 0. The smallest absolute Gasteiger partial charge is 0.293 e. The first-order valence-corrected chi connectivity index (χ1v) is 9.24. The lowest BCUT2D eigenvalue weighted by atomic mass is 9.95. The topological polar surface area (TPSA) is 52.6 Å². The van der Waals surface area contributed by atoms with E-state index in [-0.39, 0.29) is 0 Å². The molecule has 1 atom stereocenters. The predicted molar refractivity (Wildman–Crippen MR) is 72.3 cm³/mol. The molecule has 0 bridgehead atoms. The molecule has 1 unspecified atom stereocenters. The molecule has 0 aromatic heterocycles. The Labute approximate surface area is 106 Å². The summed E-state index contributed by atoms with van der Waals surface area (Å²) in [6.07, 6.45) is 1.18. The van der Waals surface area contributed by atoms with Gasteiger partial charge in [0.1, 0.15) is 0 Å². The zero-order valence-corrected chi connectivity index (χ0v) is 13.5. The van der Waals surface area contributed by atoms with E-state index in [2.05, 4.69) is 0 Å². The van der Waals surface area contributed by atoms with Gasteiger partial charge in [0.25, 0.3) is 0 Å². The first kappa shape index (κ1) is 17.2. The van der Waals surface area contributed by atoms with Gasteiger partial charge in [-0.25, -0.2) is 0 Å². The van der Waals surface area contributed by atoms with Crippen LogP contribution in [0.4, 0.5) is 0 Å². The minimum absolute atomic E-state index is 0.316. The highest BCUT2D eigenvalue weighted by atomic mass is 31.2. The summed E-state index contributed by atoms with van der Waals surface area (Å²) in [7, 11) is -3.59. The van der Waals surface area contributed by atoms with Gasteiger partial charge in [0.05, 0.1) is 0 Å². The average Bonchev–Trinajstić information content (AvgIpc) is 1.95. The van der Waals surface area contributed by atoms with Gasteiger partial charge in [-0.1, -0.05) is 27.7 Å². The van der Waals surface area contributed by atoms with Crippen molar-refractivity contribution in [1.29, 1.82) is 0 Å². The number of hydrogen-bond acceptors (Lipinski definition) is 4. The van der Waals surface area contributed by atoms with E-state index in [0.717, 1.165) is 0 Å². The highest BCUT2D eigenvalue weighted by Gasteiger charge is 2.41.